The number of hydrogen-bond donors (Lipinski definition) is 2. The summed E-state index contributed by atoms with van der Waals surface area (Å²) in [6.45, 7) is 6.50. The number of nitrogens with zero attached hydrogens (tertiary/aromatic N) is 1. The first kappa shape index (κ1) is 12.6. The van der Waals surface area contributed by atoms with Crippen LogP contribution in [0.5, 0.6) is 0 Å². The summed E-state index contributed by atoms with van der Waals surface area (Å²) in [5.41, 5.74) is 4.00. The summed E-state index contributed by atoms with van der Waals surface area (Å²) in [6.07, 6.45) is 3.26. The molecule has 3 nitrogen and oxygen atoms in total. The number of nitrogens with two attached hydrogens (primary N) is 1. The second kappa shape index (κ2) is 6.20. The molecule has 0 spiro atoms. The van der Waals surface area contributed by atoms with Gasteiger partial charge < -0.3 is 0 Å². The maximum Gasteiger partial charge on any atom is 0.0944 e. The number of rotatable bonds is 6. The molecule has 0 aromatic carbocycles. The van der Waals surface area contributed by atoms with Crippen LogP contribution >= 0.6 is 11.3 Å². The third-order valence-electron chi connectivity index (χ3n) is 2.71. The third kappa shape index (κ3) is 4.28. The van der Waals surface area contributed by atoms with Crippen molar-refractivity contribution in [1.82, 2.24) is 10.4 Å². The van der Waals surface area contributed by atoms with Gasteiger partial charge in [-0.05, 0) is 19.3 Å². The lowest BCUT2D eigenvalue weighted by Gasteiger charge is -2.18. The van der Waals surface area contributed by atoms with Crippen molar-refractivity contribution in [3.05, 3.63) is 16.1 Å². The van der Waals surface area contributed by atoms with Crippen LogP contribution in [0.2, 0.25) is 0 Å². The molecular weight excluding hydrogens is 206 g/mol. The zero-order chi connectivity index (χ0) is 11.3. The van der Waals surface area contributed by atoms with Gasteiger partial charge in [0.25, 0.3) is 0 Å². The zero-order valence-electron chi connectivity index (χ0n) is 9.79. The molecule has 1 heterocycles. The summed E-state index contributed by atoms with van der Waals surface area (Å²) in [5.74, 6) is 6.27. The molecule has 1 aromatic heterocycles. The van der Waals surface area contributed by atoms with E-state index >= 15 is 0 Å². The Hall–Kier alpha value is -0.450. The van der Waals surface area contributed by atoms with Crippen LogP contribution in [0.4, 0.5) is 0 Å². The SMILES string of the molecule is CCC(C)CC(Cc1nc(C)cs1)NN. The van der Waals surface area contributed by atoms with Crippen molar-refractivity contribution >= 4 is 11.3 Å². The highest BCUT2D eigenvalue weighted by Gasteiger charge is 2.13. The molecule has 0 bridgehead atoms. The first-order chi connectivity index (χ1) is 7.15. The predicted octanol–water partition coefficient (Wildman–Crippen LogP) is 2.26. The summed E-state index contributed by atoms with van der Waals surface area (Å²) in [5, 5.41) is 3.27. The molecule has 0 radical (unpaired) electrons. The largest absolute Gasteiger partial charge is 0.271 e. The Balaban J connectivity index is 2.46. The van der Waals surface area contributed by atoms with Gasteiger partial charge >= 0.3 is 0 Å². The summed E-state index contributed by atoms with van der Waals surface area (Å²) in [7, 11) is 0. The van der Waals surface area contributed by atoms with E-state index in [4.69, 9.17) is 5.84 Å². The van der Waals surface area contributed by atoms with Gasteiger partial charge in [-0.3, -0.25) is 11.3 Å². The average molecular weight is 227 g/mol. The molecule has 86 valence electrons. The van der Waals surface area contributed by atoms with Gasteiger partial charge in [0.1, 0.15) is 0 Å². The van der Waals surface area contributed by atoms with Crippen LogP contribution in [0.15, 0.2) is 5.38 Å². The minimum absolute atomic E-state index is 0.352. The molecule has 0 aliphatic carbocycles. The van der Waals surface area contributed by atoms with Crippen molar-refractivity contribution in [2.45, 2.75) is 46.1 Å². The molecule has 1 rings (SSSR count). The molecule has 2 atom stereocenters. The monoisotopic (exact) mass is 227 g/mol. The van der Waals surface area contributed by atoms with E-state index in [1.54, 1.807) is 11.3 Å². The van der Waals surface area contributed by atoms with Crippen molar-refractivity contribution in [3.63, 3.8) is 0 Å². The molecule has 1 aromatic rings. The predicted molar refractivity (Wildman–Crippen MR) is 65.7 cm³/mol. The third-order valence-corrected chi connectivity index (χ3v) is 3.70. The van der Waals surface area contributed by atoms with E-state index in [2.05, 4.69) is 29.6 Å². The van der Waals surface area contributed by atoms with Crippen LogP contribution < -0.4 is 11.3 Å². The zero-order valence-corrected chi connectivity index (χ0v) is 10.6. The first-order valence-corrected chi connectivity index (χ1v) is 6.40. The minimum atomic E-state index is 0.352. The van der Waals surface area contributed by atoms with Gasteiger partial charge in [-0.1, -0.05) is 20.3 Å². The summed E-state index contributed by atoms with van der Waals surface area (Å²) >= 11 is 1.72. The fourth-order valence-corrected chi connectivity index (χ4v) is 2.42. The van der Waals surface area contributed by atoms with Crippen LogP contribution in [0.1, 0.15) is 37.4 Å². The van der Waals surface area contributed by atoms with Gasteiger partial charge in [0.15, 0.2) is 0 Å². The van der Waals surface area contributed by atoms with E-state index in [9.17, 15) is 0 Å². The van der Waals surface area contributed by atoms with E-state index in [0.717, 1.165) is 18.5 Å². The summed E-state index contributed by atoms with van der Waals surface area (Å²) in [6, 6.07) is 0.352. The minimum Gasteiger partial charge on any atom is -0.271 e. The Bertz CT molecular complexity index is 285. The molecule has 0 amide bonds. The Morgan fingerprint density at radius 1 is 1.60 bits per heavy atom. The second-order valence-electron chi connectivity index (χ2n) is 4.20. The molecule has 0 aliphatic heterocycles. The highest BCUT2D eigenvalue weighted by atomic mass is 32.1. The molecule has 0 fully saturated rings. The molecule has 3 N–H and O–H groups in total. The molecule has 0 saturated heterocycles. The quantitative estimate of drug-likeness (QED) is 0.579. The van der Waals surface area contributed by atoms with E-state index in [-0.39, 0.29) is 0 Å². The Morgan fingerprint density at radius 2 is 2.33 bits per heavy atom. The Kier molecular flexibility index (Phi) is 5.22. The number of hydrazine groups is 1. The van der Waals surface area contributed by atoms with Crippen molar-refractivity contribution < 1.29 is 0 Å². The number of aryl methyl sites for hydroxylation is 1. The van der Waals surface area contributed by atoms with Crippen LogP contribution in [0, 0.1) is 12.8 Å². The number of thiazole rings is 1. The molecule has 4 heteroatoms. The smallest absolute Gasteiger partial charge is 0.0944 e. The van der Waals surface area contributed by atoms with Crippen molar-refractivity contribution in [2.24, 2.45) is 11.8 Å². The lowest BCUT2D eigenvalue weighted by atomic mass is 9.98. The summed E-state index contributed by atoms with van der Waals surface area (Å²) in [4.78, 5) is 4.45. The van der Waals surface area contributed by atoms with Gasteiger partial charge in [0.05, 0.1) is 5.01 Å². The maximum atomic E-state index is 5.56. The normalized spacial score (nSPS) is 15.2. The molecule has 0 aliphatic rings. The van der Waals surface area contributed by atoms with E-state index in [0.29, 0.717) is 12.0 Å². The highest BCUT2D eigenvalue weighted by molar-refractivity contribution is 7.09. The standard InChI is InChI=1S/C11H21N3S/c1-4-8(2)5-10(14-12)6-11-13-9(3)7-15-11/h7-8,10,14H,4-6,12H2,1-3H3. The highest BCUT2D eigenvalue weighted by Crippen LogP contribution is 2.16. The van der Waals surface area contributed by atoms with Gasteiger partial charge in [0.2, 0.25) is 0 Å². The maximum absolute atomic E-state index is 5.56. The van der Waals surface area contributed by atoms with Gasteiger partial charge in [0, 0.05) is 23.5 Å². The van der Waals surface area contributed by atoms with Gasteiger partial charge in [-0.15, -0.1) is 11.3 Å². The van der Waals surface area contributed by atoms with E-state index < -0.39 is 0 Å². The van der Waals surface area contributed by atoms with E-state index in [1.807, 2.05) is 6.92 Å². The second-order valence-corrected chi connectivity index (χ2v) is 5.14. The number of hydrogen-bond acceptors (Lipinski definition) is 4. The molecule has 0 saturated carbocycles. The van der Waals surface area contributed by atoms with Crippen LogP contribution in [-0.4, -0.2) is 11.0 Å². The van der Waals surface area contributed by atoms with Crippen LogP contribution in [-0.2, 0) is 6.42 Å². The lowest BCUT2D eigenvalue weighted by Crippen LogP contribution is -2.37. The van der Waals surface area contributed by atoms with Crippen molar-refractivity contribution in [3.8, 4) is 0 Å². The fraction of sp³-hybridized carbons (Fsp3) is 0.727. The molecule has 2 unspecified atom stereocenters. The number of aromatic nitrogens is 1. The lowest BCUT2D eigenvalue weighted by molar-refractivity contribution is 0.396. The number of nitrogens with one attached hydrogen (secondary N) is 1. The molecule has 15 heavy (non-hydrogen) atoms. The van der Waals surface area contributed by atoms with E-state index in [1.165, 1.54) is 11.4 Å². The van der Waals surface area contributed by atoms with Crippen molar-refractivity contribution in [1.29, 1.82) is 0 Å². The van der Waals surface area contributed by atoms with Crippen LogP contribution in [0.25, 0.3) is 0 Å². The average Bonchev–Trinajstić information content (AvgIpc) is 2.62. The topological polar surface area (TPSA) is 50.9 Å². The summed E-state index contributed by atoms with van der Waals surface area (Å²) < 4.78 is 0. The first-order valence-electron chi connectivity index (χ1n) is 5.52. The van der Waals surface area contributed by atoms with Crippen LogP contribution in [0.3, 0.4) is 0 Å². The Labute approximate surface area is 96.1 Å². The Morgan fingerprint density at radius 3 is 2.80 bits per heavy atom. The van der Waals surface area contributed by atoms with Gasteiger partial charge in [-0.2, -0.15) is 0 Å². The van der Waals surface area contributed by atoms with Crippen molar-refractivity contribution in [2.75, 3.05) is 0 Å². The molecular formula is C11H21N3S. The van der Waals surface area contributed by atoms with Gasteiger partial charge in [-0.25, -0.2) is 4.98 Å². The fourth-order valence-electron chi connectivity index (χ4n) is 1.57.